The topological polar surface area (TPSA) is 66.6 Å². The average molecular weight is 313 g/mol. The number of carbonyl (C=O) groups excluding carboxylic acids is 1. The van der Waals surface area contributed by atoms with Crippen LogP contribution in [0.4, 0.5) is 5.69 Å². The number of aliphatic hydroxyl groups is 1. The molecule has 1 saturated heterocycles. The van der Waals surface area contributed by atoms with Crippen LogP contribution in [-0.4, -0.2) is 35.6 Å². The van der Waals surface area contributed by atoms with Crippen molar-refractivity contribution >= 4 is 27.5 Å². The van der Waals surface area contributed by atoms with Crippen molar-refractivity contribution < 1.29 is 9.90 Å². The number of nitrogens with two attached hydrogens (primary N) is 1. The number of nitrogens with zero attached hydrogens (tertiary/aromatic N) is 1. The highest BCUT2D eigenvalue weighted by molar-refractivity contribution is 9.10. The Morgan fingerprint density at radius 1 is 1.56 bits per heavy atom. The summed E-state index contributed by atoms with van der Waals surface area (Å²) in [5, 5.41) is 9.18. The van der Waals surface area contributed by atoms with Crippen LogP contribution in [0.5, 0.6) is 0 Å². The molecule has 1 unspecified atom stereocenters. The summed E-state index contributed by atoms with van der Waals surface area (Å²) in [5.41, 5.74) is 6.96. The molecule has 5 heteroatoms. The molecule has 1 aliphatic heterocycles. The molecule has 1 aliphatic rings. The maximum absolute atomic E-state index is 12.3. The number of aliphatic hydroxyl groups excluding tert-OH is 1. The van der Waals surface area contributed by atoms with Crippen LogP contribution in [0, 0.1) is 5.92 Å². The van der Waals surface area contributed by atoms with Crippen molar-refractivity contribution in [1.82, 2.24) is 4.90 Å². The van der Waals surface area contributed by atoms with Gasteiger partial charge in [0.2, 0.25) is 0 Å². The van der Waals surface area contributed by atoms with Gasteiger partial charge in [0.15, 0.2) is 0 Å². The van der Waals surface area contributed by atoms with E-state index in [-0.39, 0.29) is 18.4 Å². The zero-order chi connectivity index (χ0) is 13.1. The number of piperidine rings is 1. The minimum absolute atomic E-state index is 0.00708. The average Bonchev–Trinajstić information content (AvgIpc) is 2.41. The van der Waals surface area contributed by atoms with Crippen molar-refractivity contribution in [2.75, 3.05) is 25.4 Å². The number of likely N-dealkylation sites (tertiary alicyclic amines) is 1. The Hall–Kier alpha value is -1.07. The smallest absolute Gasteiger partial charge is 0.253 e. The predicted molar refractivity (Wildman–Crippen MR) is 74.3 cm³/mol. The number of anilines is 1. The molecular formula is C13H17BrN2O2. The molecule has 1 heterocycles. The summed E-state index contributed by atoms with van der Waals surface area (Å²) >= 11 is 3.31. The molecule has 0 aliphatic carbocycles. The van der Waals surface area contributed by atoms with Gasteiger partial charge in [-0.15, -0.1) is 0 Å². The van der Waals surface area contributed by atoms with Crippen LogP contribution in [0.2, 0.25) is 0 Å². The lowest BCUT2D eigenvalue weighted by atomic mass is 9.98. The van der Waals surface area contributed by atoms with Gasteiger partial charge in [-0.2, -0.15) is 0 Å². The molecule has 4 nitrogen and oxygen atoms in total. The van der Waals surface area contributed by atoms with Crippen molar-refractivity contribution in [3.63, 3.8) is 0 Å². The zero-order valence-corrected chi connectivity index (χ0v) is 11.7. The van der Waals surface area contributed by atoms with Crippen LogP contribution in [0.3, 0.4) is 0 Å². The second-order valence-corrected chi connectivity index (χ2v) is 5.53. The zero-order valence-electron chi connectivity index (χ0n) is 10.1. The highest BCUT2D eigenvalue weighted by Crippen LogP contribution is 2.23. The fourth-order valence-electron chi connectivity index (χ4n) is 2.26. The molecule has 3 N–H and O–H groups in total. The van der Waals surface area contributed by atoms with Gasteiger partial charge in [-0.25, -0.2) is 0 Å². The quantitative estimate of drug-likeness (QED) is 0.819. The molecule has 1 fully saturated rings. The van der Waals surface area contributed by atoms with E-state index >= 15 is 0 Å². The summed E-state index contributed by atoms with van der Waals surface area (Å²) in [4.78, 5) is 14.1. The maximum Gasteiger partial charge on any atom is 0.253 e. The predicted octanol–water partition coefficient (Wildman–Crippen LogP) is 1.88. The molecule has 1 atom stereocenters. The summed E-state index contributed by atoms with van der Waals surface area (Å²) in [6, 6.07) is 5.25. The van der Waals surface area contributed by atoms with E-state index in [0.717, 1.165) is 23.9 Å². The second-order valence-electron chi connectivity index (χ2n) is 4.68. The Morgan fingerprint density at radius 2 is 2.33 bits per heavy atom. The van der Waals surface area contributed by atoms with Gasteiger partial charge in [0.1, 0.15) is 0 Å². The lowest BCUT2D eigenvalue weighted by molar-refractivity contribution is 0.0621. The molecule has 0 radical (unpaired) electrons. The molecule has 18 heavy (non-hydrogen) atoms. The van der Waals surface area contributed by atoms with E-state index in [1.807, 2.05) is 0 Å². The number of halogens is 1. The molecule has 0 aromatic heterocycles. The van der Waals surface area contributed by atoms with E-state index in [1.54, 1.807) is 23.1 Å². The van der Waals surface area contributed by atoms with Gasteiger partial charge in [-0.1, -0.05) is 0 Å². The fourth-order valence-corrected chi connectivity index (χ4v) is 2.50. The molecule has 2 rings (SSSR count). The molecule has 98 valence electrons. The van der Waals surface area contributed by atoms with Crippen LogP contribution >= 0.6 is 15.9 Å². The van der Waals surface area contributed by atoms with Crippen LogP contribution in [0.25, 0.3) is 0 Å². The van der Waals surface area contributed by atoms with E-state index in [4.69, 9.17) is 5.73 Å². The van der Waals surface area contributed by atoms with Crippen LogP contribution in [-0.2, 0) is 0 Å². The van der Waals surface area contributed by atoms with Gasteiger partial charge < -0.3 is 15.7 Å². The van der Waals surface area contributed by atoms with E-state index in [2.05, 4.69) is 15.9 Å². The standard InChI is InChI=1S/C13H17BrN2O2/c14-11-4-3-10(6-12(11)15)13(18)16-5-1-2-9(7-16)8-17/h3-4,6,9,17H,1-2,5,7-8,15H2. The molecule has 0 spiro atoms. The molecule has 1 amide bonds. The number of hydrogen-bond donors (Lipinski definition) is 2. The van der Waals surface area contributed by atoms with Crippen LogP contribution in [0.1, 0.15) is 23.2 Å². The summed E-state index contributed by atoms with van der Waals surface area (Å²) in [5.74, 6) is 0.197. The normalized spacial score (nSPS) is 19.9. The molecular weight excluding hydrogens is 296 g/mol. The number of hydrogen-bond acceptors (Lipinski definition) is 3. The largest absolute Gasteiger partial charge is 0.398 e. The highest BCUT2D eigenvalue weighted by atomic mass is 79.9. The molecule has 0 bridgehead atoms. The summed E-state index contributed by atoms with van der Waals surface area (Å²) in [7, 11) is 0. The monoisotopic (exact) mass is 312 g/mol. The number of benzene rings is 1. The summed E-state index contributed by atoms with van der Waals surface area (Å²) < 4.78 is 0.797. The second kappa shape index (κ2) is 5.71. The van der Waals surface area contributed by atoms with Crippen molar-refractivity contribution in [3.8, 4) is 0 Å². The van der Waals surface area contributed by atoms with Gasteiger partial charge in [-0.3, -0.25) is 4.79 Å². The Kier molecular flexibility index (Phi) is 4.24. The minimum atomic E-state index is -0.00708. The van der Waals surface area contributed by atoms with Crippen molar-refractivity contribution in [1.29, 1.82) is 0 Å². The number of amides is 1. The molecule has 1 aromatic rings. The fraction of sp³-hybridized carbons (Fsp3) is 0.462. The van der Waals surface area contributed by atoms with Gasteiger partial charge >= 0.3 is 0 Å². The first kappa shape index (κ1) is 13.4. The maximum atomic E-state index is 12.3. The van der Waals surface area contributed by atoms with Crippen LogP contribution < -0.4 is 5.73 Å². The van der Waals surface area contributed by atoms with Crippen molar-refractivity contribution in [2.45, 2.75) is 12.8 Å². The van der Waals surface area contributed by atoms with Crippen molar-refractivity contribution in [2.24, 2.45) is 5.92 Å². The number of rotatable bonds is 2. The Labute approximate surface area is 115 Å². The number of carbonyl (C=O) groups is 1. The van der Waals surface area contributed by atoms with Gasteiger partial charge in [0.05, 0.1) is 0 Å². The first-order chi connectivity index (χ1) is 8.61. The third-order valence-corrected chi connectivity index (χ3v) is 4.03. The lowest BCUT2D eigenvalue weighted by Gasteiger charge is -2.32. The Balaban J connectivity index is 2.12. The van der Waals surface area contributed by atoms with E-state index in [9.17, 15) is 9.90 Å². The SMILES string of the molecule is Nc1cc(C(=O)N2CCCC(CO)C2)ccc1Br. The third kappa shape index (κ3) is 2.84. The first-order valence-electron chi connectivity index (χ1n) is 6.07. The lowest BCUT2D eigenvalue weighted by Crippen LogP contribution is -2.40. The minimum Gasteiger partial charge on any atom is -0.398 e. The Bertz CT molecular complexity index is 451. The van der Waals surface area contributed by atoms with Gasteiger partial charge in [0, 0.05) is 35.4 Å². The van der Waals surface area contributed by atoms with Crippen molar-refractivity contribution in [3.05, 3.63) is 28.2 Å². The summed E-state index contributed by atoms with van der Waals surface area (Å²) in [6.45, 7) is 1.53. The molecule has 1 aromatic carbocycles. The van der Waals surface area contributed by atoms with E-state index in [1.165, 1.54) is 0 Å². The third-order valence-electron chi connectivity index (χ3n) is 3.31. The Morgan fingerprint density at radius 3 is 3.00 bits per heavy atom. The summed E-state index contributed by atoms with van der Waals surface area (Å²) in [6.07, 6.45) is 1.94. The van der Waals surface area contributed by atoms with E-state index in [0.29, 0.717) is 17.8 Å². The van der Waals surface area contributed by atoms with E-state index < -0.39 is 0 Å². The molecule has 0 saturated carbocycles. The number of nitrogen functional groups attached to an aromatic ring is 1. The van der Waals surface area contributed by atoms with Gasteiger partial charge in [0.25, 0.3) is 5.91 Å². The first-order valence-corrected chi connectivity index (χ1v) is 6.86. The van der Waals surface area contributed by atoms with Crippen LogP contribution in [0.15, 0.2) is 22.7 Å². The highest BCUT2D eigenvalue weighted by Gasteiger charge is 2.24. The van der Waals surface area contributed by atoms with Gasteiger partial charge in [-0.05, 0) is 52.9 Å².